The Morgan fingerprint density at radius 3 is 2.12 bits per heavy atom. The van der Waals surface area contributed by atoms with Crippen LogP contribution in [-0.4, -0.2) is 63.2 Å². The number of nitrogens with one attached hydrogen (secondary N) is 1. The van der Waals surface area contributed by atoms with Crippen LogP contribution in [0.15, 0.2) is 0 Å². The summed E-state index contributed by atoms with van der Waals surface area (Å²) in [6.45, 7) is 0.400. The minimum Gasteiger partial charge on any atom is -0.394 e. The highest BCUT2D eigenvalue weighted by Gasteiger charge is 2.32. The molecule has 8 nitrogen and oxygen atoms in total. The summed E-state index contributed by atoms with van der Waals surface area (Å²) in [4.78, 5) is 21.6. The van der Waals surface area contributed by atoms with Gasteiger partial charge in [0.2, 0.25) is 11.8 Å². The minimum absolute atomic E-state index is 0.393. The molecule has 0 aliphatic heterocycles. The van der Waals surface area contributed by atoms with Gasteiger partial charge in [-0.2, -0.15) is 0 Å². The lowest BCUT2D eigenvalue weighted by atomic mass is 9.98. The Kier molecular flexibility index (Phi) is 6.66. The first-order chi connectivity index (χ1) is 7.79. The normalized spacial score (nSPS) is 17.9. The predicted molar refractivity (Wildman–Crippen MR) is 56.5 cm³/mol. The summed E-state index contributed by atoms with van der Waals surface area (Å²) in [5.74, 6) is -1.31. The van der Waals surface area contributed by atoms with Gasteiger partial charge in [-0.05, 0) is 0 Å². The summed E-state index contributed by atoms with van der Waals surface area (Å²) >= 11 is 0. The third-order valence-corrected chi connectivity index (χ3v) is 2.15. The monoisotopic (exact) mass is 250 g/mol. The largest absolute Gasteiger partial charge is 0.394 e. The Labute approximate surface area is 98.0 Å². The molecule has 17 heavy (non-hydrogen) atoms. The number of aliphatic hydroxyl groups excluding tert-OH is 4. The molecule has 7 N–H and O–H groups in total. The van der Waals surface area contributed by atoms with Gasteiger partial charge in [-0.3, -0.25) is 9.59 Å². The van der Waals surface area contributed by atoms with Crippen molar-refractivity contribution in [3.05, 3.63) is 0 Å². The zero-order valence-electron chi connectivity index (χ0n) is 9.41. The van der Waals surface area contributed by atoms with Crippen molar-refractivity contribution in [2.45, 2.75) is 37.7 Å². The molecule has 4 atom stereocenters. The zero-order valence-corrected chi connectivity index (χ0v) is 9.41. The Morgan fingerprint density at radius 1 is 1.24 bits per heavy atom. The average Bonchev–Trinajstić information content (AvgIpc) is 2.23. The molecule has 2 amide bonds. The van der Waals surface area contributed by atoms with E-state index in [1.54, 1.807) is 0 Å². The lowest BCUT2D eigenvalue weighted by molar-refractivity contribution is -0.126. The first kappa shape index (κ1) is 15.8. The molecule has 0 rings (SSSR count). The van der Waals surface area contributed by atoms with Crippen LogP contribution >= 0.6 is 0 Å². The Morgan fingerprint density at radius 2 is 1.76 bits per heavy atom. The number of nitrogens with two attached hydrogens (primary N) is 1. The molecule has 0 aromatic carbocycles. The van der Waals surface area contributed by atoms with E-state index >= 15 is 0 Å². The van der Waals surface area contributed by atoms with E-state index in [0.717, 1.165) is 6.92 Å². The summed E-state index contributed by atoms with van der Waals surface area (Å²) in [5.41, 5.74) is 4.92. The predicted octanol–water partition coefficient (Wildman–Crippen LogP) is -3.56. The highest BCUT2D eigenvalue weighted by Crippen LogP contribution is 2.08. The minimum atomic E-state index is -1.70. The third kappa shape index (κ3) is 5.59. The molecule has 0 heterocycles. The van der Waals surface area contributed by atoms with E-state index in [2.05, 4.69) is 5.32 Å². The molecule has 100 valence electrons. The molecule has 0 saturated carbocycles. The molecule has 0 aliphatic rings. The van der Waals surface area contributed by atoms with Gasteiger partial charge >= 0.3 is 0 Å². The second-order valence-electron chi connectivity index (χ2n) is 3.71. The molecule has 8 heteroatoms. The molecule has 0 radical (unpaired) electrons. The van der Waals surface area contributed by atoms with Gasteiger partial charge in [-0.15, -0.1) is 0 Å². The Bertz CT molecular complexity index is 256. The van der Waals surface area contributed by atoms with Crippen molar-refractivity contribution < 1.29 is 30.0 Å². The molecule has 0 bridgehead atoms. The lowest BCUT2D eigenvalue weighted by Crippen LogP contribution is -2.53. The van der Waals surface area contributed by atoms with Crippen LogP contribution in [0.2, 0.25) is 0 Å². The number of amides is 2. The van der Waals surface area contributed by atoms with Crippen LogP contribution in [0.4, 0.5) is 0 Å². The number of aliphatic hydroxyl groups is 4. The summed E-state index contributed by atoms with van der Waals surface area (Å²) in [7, 11) is 0. The molecule has 0 aromatic rings. The fraction of sp³-hybridized carbons (Fsp3) is 0.778. The number of carbonyl (C=O) groups is 2. The second kappa shape index (κ2) is 7.17. The number of hydrogen-bond donors (Lipinski definition) is 6. The number of rotatable bonds is 7. The topological polar surface area (TPSA) is 153 Å². The van der Waals surface area contributed by atoms with Gasteiger partial charge in [0.1, 0.15) is 18.3 Å². The van der Waals surface area contributed by atoms with Gasteiger partial charge in [0.05, 0.1) is 12.6 Å². The van der Waals surface area contributed by atoms with Crippen LogP contribution in [0, 0.1) is 0 Å². The van der Waals surface area contributed by atoms with Crippen molar-refractivity contribution >= 4 is 11.8 Å². The third-order valence-electron chi connectivity index (χ3n) is 2.15. The average molecular weight is 250 g/mol. The molecular weight excluding hydrogens is 232 g/mol. The quantitative estimate of drug-likeness (QED) is 0.275. The lowest BCUT2D eigenvalue weighted by Gasteiger charge is -2.28. The van der Waals surface area contributed by atoms with E-state index in [1.165, 1.54) is 0 Å². The van der Waals surface area contributed by atoms with Crippen molar-refractivity contribution in [1.82, 2.24) is 5.32 Å². The highest BCUT2D eigenvalue weighted by molar-refractivity contribution is 5.77. The standard InChI is InChI=1S/C9H18N2O6/c1-4(13)11-5(2-7(10)15)8(16)9(17)6(14)3-12/h5-6,8-9,12,14,16-17H,2-3H2,1H3,(H2,10,15)(H,11,13)/t5-,6+,8+,9+/m0/s1. The van der Waals surface area contributed by atoms with E-state index in [4.69, 9.17) is 15.9 Å². The maximum absolute atomic E-state index is 10.8. The summed E-state index contributed by atoms with van der Waals surface area (Å²) in [6.07, 6.45) is -5.28. The highest BCUT2D eigenvalue weighted by atomic mass is 16.4. The van der Waals surface area contributed by atoms with Crippen LogP contribution in [0.1, 0.15) is 13.3 Å². The molecule has 0 aliphatic carbocycles. The van der Waals surface area contributed by atoms with Gasteiger partial charge in [0, 0.05) is 13.3 Å². The molecule has 0 spiro atoms. The number of primary amides is 1. The number of carbonyl (C=O) groups excluding carboxylic acids is 2. The second-order valence-corrected chi connectivity index (χ2v) is 3.71. The van der Waals surface area contributed by atoms with E-state index in [0.29, 0.717) is 0 Å². The first-order valence-corrected chi connectivity index (χ1v) is 5.00. The van der Waals surface area contributed by atoms with E-state index in [-0.39, 0.29) is 0 Å². The zero-order chi connectivity index (χ0) is 13.6. The van der Waals surface area contributed by atoms with E-state index in [9.17, 15) is 19.8 Å². The van der Waals surface area contributed by atoms with Gasteiger partial charge in [0.25, 0.3) is 0 Å². The van der Waals surface area contributed by atoms with Crippen molar-refractivity contribution in [3.63, 3.8) is 0 Å². The van der Waals surface area contributed by atoms with E-state index < -0.39 is 49.2 Å². The van der Waals surface area contributed by atoms with Gasteiger partial charge in [-0.1, -0.05) is 0 Å². The SMILES string of the molecule is CC(=O)N[C@@H](CC(N)=O)[C@@H](O)[C@H](O)[C@H](O)CO. The number of hydrogen-bond acceptors (Lipinski definition) is 6. The molecular formula is C9H18N2O6. The molecule has 0 unspecified atom stereocenters. The van der Waals surface area contributed by atoms with Crippen molar-refractivity contribution in [2.75, 3.05) is 6.61 Å². The summed E-state index contributed by atoms with van der Waals surface area (Å²) in [6, 6.07) is -1.12. The van der Waals surface area contributed by atoms with E-state index in [1.807, 2.05) is 0 Å². The van der Waals surface area contributed by atoms with Crippen LogP contribution < -0.4 is 11.1 Å². The Hall–Kier alpha value is -1.22. The molecule has 0 saturated heterocycles. The fourth-order valence-corrected chi connectivity index (χ4v) is 1.31. The van der Waals surface area contributed by atoms with Crippen molar-refractivity contribution in [3.8, 4) is 0 Å². The van der Waals surface area contributed by atoms with Gasteiger partial charge in [-0.25, -0.2) is 0 Å². The van der Waals surface area contributed by atoms with Gasteiger partial charge in [0.15, 0.2) is 0 Å². The smallest absolute Gasteiger partial charge is 0.219 e. The van der Waals surface area contributed by atoms with Gasteiger partial charge < -0.3 is 31.5 Å². The maximum Gasteiger partial charge on any atom is 0.219 e. The molecule has 0 aromatic heterocycles. The van der Waals surface area contributed by atoms with Crippen molar-refractivity contribution in [2.24, 2.45) is 5.73 Å². The summed E-state index contributed by atoms with van der Waals surface area (Å²) in [5, 5.41) is 39.0. The first-order valence-electron chi connectivity index (χ1n) is 5.00. The maximum atomic E-state index is 10.8. The van der Waals surface area contributed by atoms with Crippen LogP contribution in [0.25, 0.3) is 0 Å². The fourth-order valence-electron chi connectivity index (χ4n) is 1.31. The van der Waals surface area contributed by atoms with Crippen LogP contribution in [0.5, 0.6) is 0 Å². The van der Waals surface area contributed by atoms with Crippen LogP contribution in [-0.2, 0) is 9.59 Å². The Balaban J connectivity index is 4.65. The van der Waals surface area contributed by atoms with Crippen molar-refractivity contribution in [1.29, 1.82) is 0 Å². The van der Waals surface area contributed by atoms with Crippen LogP contribution in [0.3, 0.4) is 0 Å². The summed E-state index contributed by atoms with van der Waals surface area (Å²) < 4.78 is 0. The molecule has 0 fully saturated rings.